The quantitative estimate of drug-likeness (QED) is 0.768. The van der Waals surface area contributed by atoms with E-state index in [0.29, 0.717) is 17.0 Å². The number of unbranched alkanes of at least 4 members (excludes halogenated alkanes) is 1. The number of benzene rings is 1. The number of carbonyl (C=O) groups excluding carboxylic acids is 2. The van der Waals surface area contributed by atoms with Gasteiger partial charge in [0.05, 0.1) is 0 Å². The van der Waals surface area contributed by atoms with Crippen molar-refractivity contribution in [1.82, 2.24) is 0 Å². The maximum absolute atomic E-state index is 12.1. The van der Waals surface area contributed by atoms with Gasteiger partial charge in [0.15, 0.2) is 11.6 Å². The lowest BCUT2D eigenvalue weighted by Crippen LogP contribution is -2.16. The molecule has 0 N–H and O–H groups in total. The average Bonchev–Trinajstić information content (AvgIpc) is 2.47. The van der Waals surface area contributed by atoms with Crippen LogP contribution in [-0.2, 0) is 6.42 Å². The number of fused-ring (bicyclic) bond motifs is 1. The lowest BCUT2D eigenvalue weighted by molar-refractivity contribution is 0.0993. The van der Waals surface area contributed by atoms with Crippen LogP contribution in [0.5, 0.6) is 0 Å². The minimum absolute atomic E-state index is 0.0273. The lowest BCUT2D eigenvalue weighted by atomic mass is 9.84. The summed E-state index contributed by atoms with van der Waals surface area (Å²) >= 11 is 0. The van der Waals surface area contributed by atoms with Crippen molar-refractivity contribution >= 4 is 11.6 Å². The summed E-state index contributed by atoms with van der Waals surface area (Å²) in [5.41, 5.74) is 2.24. The number of hydrogen-bond acceptors (Lipinski definition) is 2. The monoisotopic (exact) mass is 270 g/mol. The van der Waals surface area contributed by atoms with E-state index in [2.05, 4.69) is 13.8 Å². The molecule has 1 aliphatic rings. The van der Waals surface area contributed by atoms with Crippen LogP contribution in [0.4, 0.5) is 0 Å². The third-order valence-corrected chi connectivity index (χ3v) is 4.10. The Balaban J connectivity index is 2.28. The SMILES string of the molecule is CCCCC(CC)Cc1cccc2c1C(=O)C=CC2=O. The first-order chi connectivity index (χ1) is 9.67. The fourth-order valence-electron chi connectivity index (χ4n) is 2.85. The summed E-state index contributed by atoms with van der Waals surface area (Å²) in [5, 5.41) is 0. The molecule has 0 saturated carbocycles. The van der Waals surface area contributed by atoms with Crippen molar-refractivity contribution in [2.75, 3.05) is 0 Å². The van der Waals surface area contributed by atoms with Crippen LogP contribution in [-0.4, -0.2) is 11.6 Å². The molecular formula is C18H22O2. The zero-order valence-corrected chi connectivity index (χ0v) is 12.3. The third-order valence-electron chi connectivity index (χ3n) is 4.10. The van der Waals surface area contributed by atoms with E-state index in [1.165, 1.54) is 31.4 Å². The molecule has 2 rings (SSSR count). The van der Waals surface area contributed by atoms with Gasteiger partial charge in [0.1, 0.15) is 0 Å². The molecule has 1 aromatic carbocycles. The Morgan fingerprint density at radius 2 is 1.80 bits per heavy atom. The second kappa shape index (κ2) is 6.65. The Morgan fingerprint density at radius 1 is 1.05 bits per heavy atom. The van der Waals surface area contributed by atoms with Crippen molar-refractivity contribution in [3.63, 3.8) is 0 Å². The summed E-state index contributed by atoms with van der Waals surface area (Å²) in [5.74, 6) is 0.513. The molecule has 1 aliphatic carbocycles. The van der Waals surface area contributed by atoms with E-state index in [1.807, 2.05) is 12.1 Å². The molecule has 106 valence electrons. The topological polar surface area (TPSA) is 34.1 Å². The maximum atomic E-state index is 12.1. The van der Waals surface area contributed by atoms with Crippen LogP contribution in [0.3, 0.4) is 0 Å². The largest absolute Gasteiger partial charge is 0.289 e. The highest BCUT2D eigenvalue weighted by molar-refractivity contribution is 6.22. The second-order valence-corrected chi connectivity index (χ2v) is 5.52. The first kappa shape index (κ1) is 14.7. The Labute approximate surface area is 120 Å². The summed E-state index contributed by atoms with van der Waals surface area (Å²) in [6.45, 7) is 4.40. The van der Waals surface area contributed by atoms with Crippen LogP contribution in [0.25, 0.3) is 0 Å². The Morgan fingerprint density at radius 3 is 2.50 bits per heavy atom. The van der Waals surface area contributed by atoms with Crippen LogP contribution in [0.1, 0.15) is 65.8 Å². The van der Waals surface area contributed by atoms with E-state index in [1.54, 1.807) is 6.07 Å². The highest BCUT2D eigenvalue weighted by Gasteiger charge is 2.22. The molecule has 0 amide bonds. The minimum Gasteiger partial charge on any atom is -0.289 e. The molecule has 1 aromatic rings. The second-order valence-electron chi connectivity index (χ2n) is 5.52. The van der Waals surface area contributed by atoms with Crippen LogP contribution in [0.15, 0.2) is 30.4 Å². The highest BCUT2D eigenvalue weighted by Crippen LogP contribution is 2.26. The van der Waals surface area contributed by atoms with Gasteiger partial charge < -0.3 is 0 Å². The van der Waals surface area contributed by atoms with E-state index in [-0.39, 0.29) is 11.6 Å². The molecule has 2 nitrogen and oxygen atoms in total. The first-order valence-electron chi connectivity index (χ1n) is 7.56. The molecule has 0 radical (unpaired) electrons. The molecule has 0 bridgehead atoms. The summed E-state index contributed by atoms with van der Waals surface area (Å²) in [4.78, 5) is 24.0. The molecule has 0 heterocycles. The van der Waals surface area contributed by atoms with Crippen molar-refractivity contribution in [3.05, 3.63) is 47.0 Å². The van der Waals surface area contributed by atoms with Gasteiger partial charge >= 0.3 is 0 Å². The van der Waals surface area contributed by atoms with Crippen molar-refractivity contribution < 1.29 is 9.59 Å². The van der Waals surface area contributed by atoms with Crippen molar-refractivity contribution in [2.45, 2.75) is 46.0 Å². The maximum Gasteiger partial charge on any atom is 0.186 e. The van der Waals surface area contributed by atoms with Crippen molar-refractivity contribution in [3.8, 4) is 0 Å². The van der Waals surface area contributed by atoms with Crippen molar-refractivity contribution in [1.29, 1.82) is 0 Å². The van der Waals surface area contributed by atoms with Crippen LogP contribution in [0, 0.1) is 5.92 Å². The van der Waals surface area contributed by atoms with Crippen LogP contribution < -0.4 is 0 Å². The van der Waals surface area contributed by atoms with Crippen LogP contribution in [0.2, 0.25) is 0 Å². The Kier molecular flexibility index (Phi) is 4.89. The van der Waals surface area contributed by atoms with E-state index in [4.69, 9.17) is 0 Å². The van der Waals surface area contributed by atoms with Gasteiger partial charge in [0, 0.05) is 11.1 Å². The molecule has 0 aromatic heterocycles. The smallest absolute Gasteiger partial charge is 0.186 e. The lowest BCUT2D eigenvalue weighted by Gasteiger charge is -2.19. The molecule has 20 heavy (non-hydrogen) atoms. The molecule has 0 saturated heterocycles. The van der Waals surface area contributed by atoms with E-state index in [0.717, 1.165) is 18.4 Å². The predicted molar refractivity (Wildman–Crippen MR) is 81.3 cm³/mol. The molecule has 0 spiro atoms. The molecule has 0 fully saturated rings. The van der Waals surface area contributed by atoms with Gasteiger partial charge in [-0.1, -0.05) is 57.7 Å². The predicted octanol–water partition coefficient (Wildman–Crippen LogP) is 4.38. The van der Waals surface area contributed by atoms with E-state index >= 15 is 0 Å². The average molecular weight is 270 g/mol. The number of allylic oxidation sites excluding steroid dienone is 2. The molecule has 1 unspecified atom stereocenters. The molecular weight excluding hydrogens is 248 g/mol. The fraction of sp³-hybridized carbons (Fsp3) is 0.444. The third kappa shape index (κ3) is 3.06. The first-order valence-corrected chi connectivity index (χ1v) is 7.56. The Hall–Kier alpha value is -1.70. The number of rotatable bonds is 6. The number of ketones is 2. The number of hydrogen-bond donors (Lipinski definition) is 0. The fourth-order valence-corrected chi connectivity index (χ4v) is 2.85. The summed E-state index contributed by atoms with van der Waals surface area (Å²) < 4.78 is 0. The van der Waals surface area contributed by atoms with Gasteiger partial charge in [-0.3, -0.25) is 9.59 Å². The molecule has 2 heteroatoms. The van der Waals surface area contributed by atoms with Gasteiger partial charge in [-0.05, 0) is 30.1 Å². The summed E-state index contributed by atoms with van der Waals surface area (Å²) in [7, 11) is 0. The van der Waals surface area contributed by atoms with Crippen molar-refractivity contribution in [2.24, 2.45) is 5.92 Å². The zero-order valence-electron chi connectivity index (χ0n) is 12.3. The van der Waals surface area contributed by atoms with Gasteiger partial charge in [-0.15, -0.1) is 0 Å². The highest BCUT2D eigenvalue weighted by atomic mass is 16.1. The van der Waals surface area contributed by atoms with Gasteiger partial charge in [0.25, 0.3) is 0 Å². The van der Waals surface area contributed by atoms with Gasteiger partial charge in [-0.2, -0.15) is 0 Å². The summed E-state index contributed by atoms with van der Waals surface area (Å²) in [6, 6.07) is 5.65. The van der Waals surface area contributed by atoms with E-state index in [9.17, 15) is 9.59 Å². The number of carbonyl (C=O) groups is 2. The standard InChI is InChI=1S/C18H22O2/c1-3-5-7-13(4-2)12-14-8-6-9-15-16(19)10-11-17(20)18(14)15/h6,8-11,13H,3-5,7,12H2,1-2H3. The summed E-state index contributed by atoms with van der Waals surface area (Å²) in [6.07, 6.45) is 8.40. The van der Waals surface area contributed by atoms with Gasteiger partial charge in [-0.25, -0.2) is 0 Å². The van der Waals surface area contributed by atoms with Gasteiger partial charge in [0.2, 0.25) is 0 Å². The minimum atomic E-state index is -0.0527. The zero-order chi connectivity index (χ0) is 14.5. The van der Waals surface area contributed by atoms with Crippen LogP contribution >= 0.6 is 0 Å². The van der Waals surface area contributed by atoms with E-state index < -0.39 is 0 Å². The Bertz CT molecular complexity index is 540. The molecule has 0 aliphatic heterocycles. The normalized spacial score (nSPS) is 15.3. The molecule has 1 atom stereocenters.